The molecule has 0 unspecified atom stereocenters. The predicted octanol–water partition coefficient (Wildman–Crippen LogP) is 3.73. The van der Waals surface area contributed by atoms with Crippen LogP contribution in [0.25, 0.3) is 22.7 Å². The fourth-order valence-electron chi connectivity index (χ4n) is 3.00. The highest BCUT2D eigenvalue weighted by Gasteiger charge is 2.17. The Morgan fingerprint density at radius 3 is 2.80 bits per heavy atom. The second-order valence-corrected chi connectivity index (χ2v) is 6.45. The van der Waals surface area contributed by atoms with Crippen LogP contribution in [0.1, 0.15) is 42.0 Å². The predicted molar refractivity (Wildman–Crippen MR) is 100 cm³/mol. The molecular weight excluding hydrogens is 314 g/mol. The van der Waals surface area contributed by atoms with Crippen molar-refractivity contribution in [3.05, 3.63) is 58.9 Å². The maximum atomic E-state index is 12.1. The largest absolute Gasteiger partial charge is 0.508 e. The molecule has 3 rings (SSSR count). The zero-order chi connectivity index (χ0) is 18.1. The molecule has 0 saturated carbocycles. The molecule has 0 aliphatic carbocycles. The van der Waals surface area contributed by atoms with Gasteiger partial charge in [-0.2, -0.15) is 0 Å². The molecule has 2 aromatic heterocycles. The van der Waals surface area contributed by atoms with Crippen LogP contribution in [0.4, 0.5) is 0 Å². The fraction of sp³-hybridized carbons (Fsp3) is 0.200. The summed E-state index contributed by atoms with van der Waals surface area (Å²) in [7, 11) is 0. The van der Waals surface area contributed by atoms with Gasteiger partial charge < -0.3 is 15.8 Å². The number of fused-ring (bicyclic) bond motifs is 1. The van der Waals surface area contributed by atoms with Gasteiger partial charge in [-0.15, -0.1) is 0 Å². The number of hydrogen-bond acceptors (Lipinski definition) is 3. The van der Waals surface area contributed by atoms with E-state index in [4.69, 9.17) is 5.73 Å². The average Bonchev–Trinajstić information content (AvgIpc) is 2.96. The van der Waals surface area contributed by atoms with Gasteiger partial charge in [0.05, 0.1) is 0 Å². The molecule has 0 aliphatic heterocycles. The van der Waals surface area contributed by atoms with Crippen molar-refractivity contribution in [2.24, 2.45) is 5.73 Å². The Labute approximate surface area is 146 Å². The molecule has 0 spiro atoms. The lowest BCUT2D eigenvalue weighted by Crippen LogP contribution is -2.14. The summed E-state index contributed by atoms with van der Waals surface area (Å²) < 4.78 is 0. The molecule has 0 radical (unpaired) electrons. The van der Waals surface area contributed by atoms with E-state index >= 15 is 0 Å². The zero-order valence-electron chi connectivity index (χ0n) is 14.5. The first-order chi connectivity index (χ1) is 11.9. The number of H-pyrrole nitrogens is 1. The molecule has 1 amide bonds. The number of phenolic OH excluding ortho intramolecular Hbond substituents is 1. The number of carbonyl (C=O) groups is 1. The van der Waals surface area contributed by atoms with Crippen LogP contribution in [0, 0.1) is 6.92 Å². The van der Waals surface area contributed by atoms with Crippen LogP contribution in [-0.2, 0) is 4.79 Å². The monoisotopic (exact) mass is 335 g/mol. The fourth-order valence-corrected chi connectivity index (χ4v) is 3.00. The van der Waals surface area contributed by atoms with Gasteiger partial charge in [-0.25, -0.2) is 4.98 Å². The third kappa shape index (κ3) is 3.13. The van der Waals surface area contributed by atoms with Gasteiger partial charge in [-0.05, 0) is 59.9 Å². The van der Waals surface area contributed by atoms with Gasteiger partial charge in [-0.3, -0.25) is 4.79 Å². The van der Waals surface area contributed by atoms with E-state index in [1.165, 1.54) is 0 Å². The first-order valence-electron chi connectivity index (χ1n) is 8.16. The standard InChI is InChI=1S/C20H21N3O2/c1-11(2)15-9-16(12(3)7-18(15)24)17(19(21)25)8-13-10-23-20-14(13)5-4-6-22-20/h4-11,24H,1-3H3,(H2,21,25)(H,22,23). The van der Waals surface area contributed by atoms with Crippen molar-refractivity contribution in [3.63, 3.8) is 0 Å². The van der Waals surface area contributed by atoms with Crippen LogP contribution >= 0.6 is 0 Å². The molecule has 0 aliphatic rings. The molecule has 2 heterocycles. The minimum absolute atomic E-state index is 0.130. The van der Waals surface area contributed by atoms with E-state index < -0.39 is 5.91 Å². The van der Waals surface area contributed by atoms with Gasteiger partial charge in [0, 0.05) is 28.9 Å². The second-order valence-electron chi connectivity index (χ2n) is 6.45. The number of phenols is 1. The van der Waals surface area contributed by atoms with Gasteiger partial charge in [0.1, 0.15) is 11.4 Å². The summed E-state index contributed by atoms with van der Waals surface area (Å²) in [4.78, 5) is 19.5. The number of aromatic hydroxyl groups is 1. The van der Waals surface area contributed by atoms with Crippen LogP contribution in [0.15, 0.2) is 36.7 Å². The van der Waals surface area contributed by atoms with E-state index in [2.05, 4.69) is 9.97 Å². The number of nitrogens with two attached hydrogens (primary N) is 1. The Kier molecular flexibility index (Phi) is 4.31. The third-order valence-corrected chi connectivity index (χ3v) is 4.33. The molecule has 0 bridgehead atoms. The lowest BCUT2D eigenvalue weighted by atomic mass is 9.91. The summed E-state index contributed by atoms with van der Waals surface area (Å²) in [5.41, 5.74) is 9.98. The summed E-state index contributed by atoms with van der Waals surface area (Å²) in [6.45, 7) is 5.84. The lowest BCUT2D eigenvalue weighted by molar-refractivity contribution is -0.112. The zero-order valence-corrected chi connectivity index (χ0v) is 14.5. The Hall–Kier alpha value is -3.08. The van der Waals surface area contributed by atoms with Crippen LogP contribution in [0.5, 0.6) is 5.75 Å². The Morgan fingerprint density at radius 1 is 1.36 bits per heavy atom. The number of amides is 1. The van der Waals surface area contributed by atoms with Gasteiger partial charge in [0.2, 0.25) is 5.91 Å². The first kappa shape index (κ1) is 16.8. The maximum Gasteiger partial charge on any atom is 0.249 e. The van der Waals surface area contributed by atoms with E-state index in [9.17, 15) is 9.90 Å². The van der Waals surface area contributed by atoms with Crippen molar-refractivity contribution in [2.45, 2.75) is 26.7 Å². The van der Waals surface area contributed by atoms with Crippen molar-refractivity contribution in [1.29, 1.82) is 0 Å². The van der Waals surface area contributed by atoms with Gasteiger partial charge >= 0.3 is 0 Å². The third-order valence-electron chi connectivity index (χ3n) is 4.33. The van der Waals surface area contributed by atoms with E-state index in [-0.39, 0.29) is 11.7 Å². The minimum Gasteiger partial charge on any atom is -0.508 e. The minimum atomic E-state index is -0.512. The molecule has 0 saturated heterocycles. The summed E-state index contributed by atoms with van der Waals surface area (Å²) in [6.07, 6.45) is 5.28. The number of pyridine rings is 1. The number of primary amides is 1. The molecule has 128 valence electrons. The number of aromatic amines is 1. The van der Waals surface area contributed by atoms with Gasteiger partial charge in [0.25, 0.3) is 0 Å². The van der Waals surface area contributed by atoms with Crippen LogP contribution in [0.2, 0.25) is 0 Å². The molecule has 3 aromatic rings. The molecule has 5 heteroatoms. The molecule has 0 atom stereocenters. The quantitative estimate of drug-likeness (QED) is 0.634. The van der Waals surface area contributed by atoms with Crippen molar-refractivity contribution in [1.82, 2.24) is 9.97 Å². The number of nitrogens with one attached hydrogen (secondary N) is 1. The highest BCUT2D eigenvalue weighted by Crippen LogP contribution is 2.33. The number of benzene rings is 1. The Balaban J connectivity index is 2.20. The summed E-state index contributed by atoms with van der Waals surface area (Å²) in [5.74, 6) is -0.149. The molecule has 5 nitrogen and oxygen atoms in total. The molecule has 1 aromatic carbocycles. The van der Waals surface area contributed by atoms with Crippen molar-refractivity contribution in [2.75, 3.05) is 0 Å². The van der Waals surface area contributed by atoms with Crippen LogP contribution in [0.3, 0.4) is 0 Å². The van der Waals surface area contributed by atoms with Crippen molar-refractivity contribution in [3.8, 4) is 5.75 Å². The smallest absolute Gasteiger partial charge is 0.249 e. The second kappa shape index (κ2) is 6.43. The Bertz CT molecular complexity index is 984. The summed E-state index contributed by atoms with van der Waals surface area (Å²) in [5, 5.41) is 11.1. The van der Waals surface area contributed by atoms with Crippen LogP contribution in [-0.4, -0.2) is 21.0 Å². The highest BCUT2D eigenvalue weighted by molar-refractivity contribution is 6.24. The summed E-state index contributed by atoms with van der Waals surface area (Å²) in [6, 6.07) is 7.31. The number of aryl methyl sites for hydroxylation is 1. The molecule has 0 fully saturated rings. The van der Waals surface area contributed by atoms with E-state index in [1.54, 1.807) is 24.5 Å². The number of aromatic nitrogens is 2. The summed E-state index contributed by atoms with van der Waals surface area (Å²) >= 11 is 0. The number of rotatable bonds is 4. The highest BCUT2D eigenvalue weighted by atomic mass is 16.3. The molecular formula is C20H21N3O2. The normalized spacial score (nSPS) is 12.1. The molecule has 25 heavy (non-hydrogen) atoms. The van der Waals surface area contributed by atoms with Gasteiger partial charge in [-0.1, -0.05) is 13.8 Å². The maximum absolute atomic E-state index is 12.1. The van der Waals surface area contributed by atoms with Crippen LogP contribution < -0.4 is 5.73 Å². The van der Waals surface area contributed by atoms with E-state index in [0.29, 0.717) is 5.57 Å². The van der Waals surface area contributed by atoms with Gasteiger partial charge in [0.15, 0.2) is 0 Å². The average molecular weight is 335 g/mol. The number of hydrogen-bond donors (Lipinski definition) is 3. The van der Waals surface area contributed by atoms with E-state index in [1.807, 2.05) is 39.0 Å². The molecule has 4 N–H and O–H groups in total. The number of carbonyl (C=O) groups excluding carboxylic acids is 1. The van der Waals surface area contributed by atoms with Crippen molar-refractivity contribution < 1.29 is 9.90 Å². The topological polar surface area (TPSA) is 92.0 Å². The van der Waals surface area contributed by atoms with Crippen molar-refractivity contribution >= 4 is 28.6 Å². The lowest BCUT2D eigenvalue weighted by Gasteiger charge is -2.14. The number of nitrogens with zero attached hydrogens (tertiary/aromatic N) is 1. The Morgan fingerprint density at radius 2 is 2.12 bits per heavy atom. The van der Waals surface area contributed by atoms with E-state index in [0.717, 1.165) is 33.3 Å². The SMILES string of the molecule is Cc1cc(O)c(C(C)C)cc1C(=Cc1c[nH]c2ncccc12)C(N)=O. The first-order valence-corrected chi connectivity index (χ1v) is 8.16.